The van der Waals surface area contributed by atoms with Crippen molar-refractivity contribution in [1.82, 2.24) is 0 Å². The molecular weight excluding hydrogens is 148 g/mol. The molecule has 0 unspecified atom stereocenters. The van der Waals surface area contributed by atoms with E-state index >= 15 is 0 Å². The molecule has 0 radical (unpaired) electrons. The molecule has 0 fully saturated rings. The van der Waals surface area contributed by atoms with E-state index in [1.807, 2.05) is 12.1 Å². The Morgan fingerprint density at radius 3 is 2.58 bits per heavy atom. The van der Waals surface area contributed by atoms with Gasteiger partial charge in [-0.15, -0.1) is 0 Å². The monoisotopic (exact) mass is 164 g/mol. The maximum atomic E-state index is 5.67. The highest BCUT2D eigenvalue weighted by molar-refractivity contribution is 5.44. The summed E-state index contributed by atoms with van der Waals surface area (Å²) in [7, 11) is 0. The molecule has 0 spiro atoms. The fourth-order valence-electron chi connectivity index (χ4n) is 1.38. The average Bonchev–Trinajstić information content (AvgIpc) is 2.05. The second kappa shape index (κ2) is 4.12. The lowest BCUT2D eigenvalue weighted by Crippen LogP contribution is -2.05. The first kappa shape index (κ1) is 9.07. The van der Waals surface area contributed by atoms with E-state index in [0.29, 0.717) is 6.54 Å². The van der Waals surface area contributed by atoms with Gasteiger partial charge in [0.1, 0.15) is 0 Å². The minimum Gasteiger partial charge on any atom is -0.399 e. The van der Waals surface area contributed by atoms with Crippen molar-refractivity contribution < 1.29 is 0 Å². The van der Waals surface area contributed by atoms with E-state index in [0.717, 1.165) is 18.5 Å². The van der Waals surface area contributed by atoms with Crippen molar-refractivity contribution in [1.29, 1.82) is 0 Å². The fourth-order valence-corrected chi connectivity index (χ4v) is 1.38. The molecule has 2 heteroatoms. The molecule has 0 aliphatic carbocycles. The van der Waals surface area contributed by atoms with Gasteiger partial charge in [-0.2, -0.15) is 0 Å². The van der Waals surface area contributed by atoms with Gasteiger partial charge in [0.05, 0.1) is 0 Å². The largest absolute Gasteiger partial charge is 0.399 e. The molecule has 1 aromatic rings. The molecule has 0 saturated heterocycles. The number of hydrogen-bond donors (Lipinski definition) is 2. The molecule has 0 aliphatic heterocycles. The van der Waals surface area contributed by atoms with Crippen LogP contribution in [0.25, 0.3) is 0 Å². The second-order valence-corrected chi connectivity index (χ2v) is 2.92. The first-order valence-corrected chi connectivity index (χ1v) is 4.35. The van der Waals surface area contributed by atoms with Gasteiger partial charge in [0.25, 0.3) is 0 Å². The van der Waals surface area contributed by atoms with Crippen LogP contribution in [0.1, 0.15) is 18.1 Å². The van der Waals surface area contributed by atoms with Crippen molar-refractivity contribution in [3.05, 3.63) is 29.3 Å². The molecule has 0 atom stereocenters. The Morgan fingerprint density at radius 2 is 2.00 bits per heavy atom. The van der Waals surface area contributed by atoms with Crippen molar-refractivity contribution in [3.63, 3.8) is 0 Å². The zero-order valence-electron chi connectivity index (χ0n) is 7.51. The molecule has 1 aromatic carbocycles. The SMILES string of the molecule is CCc1ccc(N)cc1CCN. The molecule has 0 saturated carbocycles. The van der Waals surface area contributed by atoms with E-state index in [9.17, 15) is 0 Å². The molecule has 12 heavy (non-hydrogen) atoms. The van der Waals surface area contributed by atoms with Gasteiger partial charge < -0.3 is 11.5 Å². The van der Waals surface area contributed by atoms with Crippen molar-refractivity contribution in [2.24, 2.45) is 5.73 Å². The number of benzene rings is 1. The third kappa shape index (κ3) is 1.98. The number of aryl methyl sites for hydroxylation is 1. The summed E-state index contributed by atoms with van der Waals surface area (Å²) in [5.41, 5.74) is 14.6. The van der Waals surface area contributed by atoms with Crippen LogP contribution in [0.4, 0.5) is 5.69 Å². The zero-order chi connectivity index (χ0) is 8.97. The highest BCUT2D eigenvalue weighted by Crippen LogP contribution is 2.14. The Morgan fingerprint density at radius 1 is 1.25 bits per heavy atom. The van der Waals surface area contributed by atoms with Crippen LogP contribution in [0.15, 0.2) is 18.2 Å². The van der Waals surface area contributed by atoms with E-state index in [1.165, 1.54) is 11.1 Å². The van der Waals surface area contributed by atoms with Crippen molar-refractivity contribution in [3.8, 4) is 0 Å². The number of anilines is 1. The Kier molecular flexibility index (Phi) is 3.11. The van der Waals surface area contributed by atoms with Gasteiger partial charge in [0.15, 0.2) is 0 Å². The van der Waals surface area contributed by atoms with Crippen molar-refractivity contribution >= 4 is 5.69 Å². The Hall–Kier alpha value is -1.02. The van der Waals surface area contributed by atoms with E-state index in [2.05, 4.69) is 13.0 Å². The molecule has 66 valence electrons. The van der Waals surface area contributed by atoms with Gasteiger partial charge in [0, 0.05) is 5.69 Å². The third-order valence-corrected chi connectivity index (χ3v) is 2.02. The van der Waals surface area contributed by atoms with E-state index < -0.39 is 0 Å². The number of hydrogen-bond acceptors (Lipinski definition) is 2. The van der Waals surface area contributed by atoms with Crippen LogP contribution in [-0.4, -0.2) is 6.54 Å². The normalized spacial score (nSPS) is 10.2. The molecule has 0 bridgehead atoms. The molecule has 0 heterocycles. The maximum Gasteiger partial charge on any atom is 0.0316 e. The van der Waals surface area contributed by atoms with Gasteiger partial charge >= 0.3 is 0 Å². The van der Waals surface area contributed by atoms with E-state index in [4.69, 9.17) is 11.5 Å². The summed E-state index contributed by atoms with van der Waals surface area (Å²) in [4.78, 5) is 0. The predicted molar refractivity (Wildman–Crippen MR) is 53.0 cm³/mol. The highest BCUT2D eigenvalue weighted by atomic mass is 14.5. The molecule has 0 aliphatic rings. The molecule has 1 rings (SSSR count). The minimum absolute atomic E-state index is 0.691. The molecule has 0 amide bonds. The number of nitrogens with two attached hydrogens (primary N) is 2. The minimum atomic E-state index is 0.691. The van der Waals surface area contributed by atoms with Gasteiger partial charge in [-0.3, -0.25) is 0 Å². The molecule has 2 nitrogen and oxygen atoms in total. The van der Waals surface area contributed by atoms with Crippen LogP contribution >= 0.6 is 0 Å². The van der Waals surface area contributed by atoms with Gasteiger partial charge in [-0.05, 0) is 42.6 Å². The molecule has 4 N–H and O–H groups in total. The lowest BCUT2D eigenvalue weighted by molar-refractivity contribution is 0.940. The highest BCUT2D eigenvalue weighted by Gasteiger charge is 1.99. The van der Waals surface area contributed by atoms with Crippen LogP contribution in [-0.2, 0) is 12.8 Å². The first-order chi connectivity index (χ1) is 5.77. The van der Waals surface area contributed by atoms with E-state index in [1.54, 1.807) is 0 Å². The van der Waals surface area contributed by atoms with Crippen molar-refractivity contribution in [2.75, 3.05) is 12.3 Å². The summed E-state index contributed by atoms with van der Waals surface area (Å²) in [5.74, 6) is 0. The van der Waals surface area contributed by atoms with Crippen molar-refractivity contribution in [2.45, 2.75) is 19.8 Å². The summed E-state index contributed by atoms with van der Waals surface area (Å²) in [6.45, 7) is 2.84. The average molecular weight is 164 g/mol. The second-order valence-electron chi connectivity index (χ2n) is 2.92. The third-order valence-electron chi connectivity index (χ3n) is 2.02. The molecular formula is C10H16N2. The quantitative estimate of drug-likeness (QED) is 0.662. The van der Waals surface area contributed by atoms with Crippen LogP contribution in [0.3, 0.4) is 0 Å². The van der Waals surface area contributed by atoms with Crippen LogP contribution in [0, 0.1) is 0 Å². The van der Waals surface area contributed by atoms with Crippen LogP contribution in [0.2, 0.25) is 0 Å². The Balaban J connectivity index is 2.95. The smallest absolute Gasteiger partial charge is 0.0316 e. The lowest BCUT2D eigenvalue weighted by Gasteiger charge is -2.06. The first-order valence-electron chi connectivity index (χ1n) is 4.35. The van der Waals surface area contributed by atoms with Gasteiger partial charge in [-0.1, -0.05) is 13.0 Å². The standard InChI is InChI=1S/C10H16N2/c1-2-8-3-4-10(12)7-9(8)5-6-11/h3-4,7H,2,5-6,11-12H2,1H3. The summed E-state index contributed by atoms with van der Waals surface area (Å²) in [6, 6.07) is 6.05. The molecule has 0 aromatic heterocycles. The van der Waals surface area contributed by atoms with Crippen LogP contribution in [0.5, 0.6) is 0 Å². The summed E-state index contributed by atoms with van der Waals surface area (Å²) in [5, 5.41) is 0. The summed E-state index contributed by atoms with van der Waals surface area (Å²) in [6.07, 6.45) is 1.98. The number of nitrogen functional groups attached to an aromatic ring is 1. The Bertz CT molecular complexity index is 256. The summed E-state index contributed by atoms with van der Waals surface area (Å²) < 4.78 is 0. The van der Waals surface area contributed by atoms with Gasteiger partial charge in [0.2, 0.25) is 0 Å². The summed E-state index contributed by atoms with van der Waals surface area (Å²) >= 11 is 0. The zero-order valence-corrected chi connectivity index (χ0v) is 7.51. The predicted octanol–water partition coefficient (Wildman–Crippen LogP) is 1.33. The lowest BCUT2D eigenvalue weighted by atomic mass is 10.0. The fraction of sp³-hybridized carbons (Fsp3) is 0.400. The van der Waals surface area contributed by atoms with E-state index in [-0.39, 0.29) is 0 Å². The maximum absolute atomic E-state index is 5.67. The van der Waals surface area contributed by atoms with Gasteiger partial charge in [-0.25, -0.2) is 0 Å². The van der Waals surface area contributed by atoms with Crippen LogP contribution < -0.4 is 11.5 Å². The Labute approximate surface area is 73.6 Å². The number of rotatable bonds is 3. The topological polar surface area (TPSA) is 52.0 Å².